The topological polar surface area (TPSA) is 95.6 Å². The van der Waals surface area contributed by atoms with Crippen LogP contribution in [0.1, 0.15) is 25.7 Å². The fourth-order valence-electron chi connectivity index (χ4n) is 2.38. The number of hydrogen-bond acceptors (Lipinski definition) is 4. The van der Waals surface area contributed by atoms with Gasteiger partial charge in [-0.15, -0.1) is 0 Å². The van der Waals surface area contributed by atoms with Crippen LogP contribution in [0, 0.1) is 5.82 Å². The normalized spacial score (nSPS) is 13.7. The number of carbonyl (C=O) groups excluding carboxylic acids is 4. The van der Waals surface area contributed by atoms with E-state index in [1.165, 1.54) is 12.1 Å². The molecule has 0 radical (unpaired) electrons. The molecule has 0 aromatic heterocycles. The second kappa shape index (κ2) is 8.18. The fraction of sp³-hybridized carbons (Fsp3) is 0.294. The number of likely N-dealkylation sites (tertiary alicyclic amines) is 1. The van der Waals surface area contributed by atoms with Crippen LogP contribution in [-0.4, -0.2) is 35.1 Å². The summed E-state index contributed by atoms with van der Waals surface area (Å²) in [7, 11) is 0. The predicted molar refractivity (Wildman–Crippen MR) is 89.0 cm³/mol. The third-order valence-corrected chi connectivity index (χ3v) is 3.63. The Morgan fingerprint density at radius 1 is 1.20 bits per heavy atom. The third kappa shape index (κ3) is 4.97. The first-order valence-corrected chi connectivity index (χ1v) is 7.76. The average molecular weight is 347 g/mol. The zero-order valence-electron chi connectivity index (χ0n) is 13.5. The highest BCUT2D eigenvalue weighted by Gasteiger charge is 2.28. The average Bonchev–Trinajstić information content (AvgIpc) is 2.89. The van der Waals surface area contributed by atoms with Crippen molar-refractivity contribution in [3.63, 3.8) is 0 Å². The van der Waals surface area contributed by atoms with Crippen LogP contribution in [0.15, 0.2) is 30.9 Å². The highest BCUT2D eigenvalue weighted by Crippen LogP contribution is 2.20. The minimum absolute atomic E-state index is 0.0732. The molecule has 25 heavy (non-hydrogen) atoms. The Morgan fingerprint density at radius 3 is 2.52 bits per heavy atom. The molecular weight excluding hydrogens is 329 g/mol. The van der Waals surface area contributed by atoms with Gasteiger partial charge in [-0.3, -0.25) is 24.1 Å². The van der Waals surface area contributed by atoms with Crippen molar-refractivity contribution in [2.45, 2.75) is 25.7 Å². The molecule has 1 heterocycles. The smallest absolute Gasteiger partial charge is 0.247 e. The van der Waals surface area contributed by atoms with Gasteiger partial charge >= 0.3 is 0 Å². The van der Waals surface area contributed by atoms with E-state index in [-0.39, 0.29) is 49.2 Å². The zero-order chi connectivity index (χ0) is 18.4. The van der Waals surface area contributed by atoms with E-state index >= 15 is 0 Å². The molecule has 1 aliphatic rings. The van der Waals surface area contributed by atoms with Crippen molar-refractivity contribution in [3.05, 3.63) is 36.7 Å². The van der Waals surface area contributed by atoms with Crippen molar-refractivity contribution in [3.8, 4) is 0 Å². The lowest BCUT2D eigenvalue weighted by atomic mass is 10.2. The van der Waals surface area contributed by atoms with Gasteiger partial charge in [-0.2, -0.15) is 0 Å². The van der Waals surface area contributed by atoms with E-state index in [0.29, 0.717) is 12.1 Å². The molecule has 2 N–H and O–H groups in total. The molecule has 0 unspecified atom stereocenters. The molecular formula is C17H18FN3O4. The molecule has 4 amide bonds. The van der Waals surface area contributed by atoms with Gasteiger partial charge in [0, 0.05) is 31.5 Å². The van der Waals surface area contributed by atoms with Crippen molar-refractivity contribution in [2.75, 3.05) is 17.2 Å². The standard InChI is InChI=1S/C17H18FN3O4/c1-2-14(22)20-13-10-11(5-6-12(13)18)19-15(23)4-3-9-21-16(24)7-8-17(21)25/h2,5-6,10H,1,3-4,7-9H2,(H,19,23)(H,20,22). The lowest BCUT2D eigenvalue weighted by Gasteiger charge is -2.13. The van der Waals surface area contributed by atoms with Gasteiger partial charge in [-0.1, -0.05) is 6.58 Å². The fourth-order valence-corrected chi connectivity index (χ4v) is 2.38. The first-order valence-electron chi connectivity index (χ1n) is 7.76. The molecule has 7 nitrogen and oxygen atoms in total. The number of imide groups is 1. The van der Waals surface area contributed by atoms with Crippen LogP contribution in [0.2, 0.25) is 0 Å². The minimum Gasteiger partial charge on any atom is -0.326 e. The summed E-state index contributed by atoms with van der Waals surface area (Å²) >= 11 is 0. The summed E-state index contributed by atoms with van der Waals surface area (Å²) < 4.78 is 13.6. The van der Waals surface area contributed by atoms with Crippen LogP contribution in [0.4, 0.5) is 15.8 Å². The van der Waals surface area contributed by atoms with Gasteiger partial charge in [0.1, 0.15) is 5.82 Å². The number of nitrogens with zero attached hydrogens (tertiary/aromatic N) is 1. The Hall–Kier alpha value is -3.03. The second-order valence-electron chi connectivity index (χ2n) is 5.48. The van der Waals surface area contributed by atoms with E-state index < -0.39 is 11.7 Å². The summed E-state index contributed by atoms with van der Waals surface area (Å²) in [5.74, 6) is -1.98. The van der Waals surface area contributed by atoms with E-state index in [1.54, 1.807) is 0 Å². The maximum absolute atomic E-state index is 13.6. The van der Waals surface area contributed by atoms with Crippen molar-refractivity contribution < 1.29 is 23.6 Å². The van der Waals surface area contributed by atoms with Crippen molar-refractivity contribution in [1.29, 1.82) is 0 Å². The zero-order valence-corrected chi connectivity index (χ0v) is 13.5. The van der Waals surface area contributed by atoms with Crippen molar-refractivity contribution >= 4 is 35.0 Å². The summed E-state index contributed by atoms with van der Waals surface area (Å²) in [6, 6.07) is 3.78. The Morgan fingerprint density at radius 2 is 1.88 bits per heavy atom. The van der Waals surface area contributed by atoms with Crippen molar-refractivity contribution in [1.82, 2.24) is 4.90 Å². The van der Waals surface area contributed by atoms with Crippen LogP contribution in [0.5, 0.6) is 0 Å². The number of halogens is 1. The van der Waals surface area contributed by atoms with Gasteiger partial charge in [-0.05, 0) is 30.7 Å². The van der Waals surface area contributed by atoms with E-state index in [2.05, 4.69) is 17.2 Å². The first kappa shape index (κ1) is 18.3. The second-order valence-corrected chi connectivity index (χ2v) is 5.48. The number of anilines is 2. The molecule has 0 saturated carbocycles. The Kier molecular flexibility index (Phi) is 5.99. The van der Waals surface area contributed by atoms with Gasteiger partial charge in [0.05, 0.1) is 5.69 Å². The van der Waals surface area contributed by atoms with Crippen LogP contribution in [-0.2, 0) is 19.2 Å². The third-order valence-electron chi connectivity index (χ3n) is 3.63. The van der Waals surface area contributed by atoms with Crippen LogP contribution >= 0.6 is 0 Å². The number of carbonyl (C=O) groups is 4. The molecule has 1 saturated heterocycles. The van der Waals surface area contributed by atoms with E-state index in [0.717, 1.165) is 17.0 Å². The van der Waals surface area contributed by atoms with E-state index in [9.17, 15) is 23.6 Å². The maximum atomic E-state index is 13.6. The lowest BCUT2D eigenvalue weighted by Crippen LogP contribution is -2.30. The molecule has 0 aliphatic carbocycles. The Balaban J connectivity index is 1.86. The van der Waals surface area contributed by atoms with Gasteiger partial charge in [0.15, 0.2) is 0 Å². The van der Waals surface area contributed by atoms with E-state index in [4.69, 9.17) is 0 Å². The van der Waals surface area contributed by atoms with Gasteiger partial charge in [0.25, 0.3) is 0 Å². The molecule has 1 aromatic carbocycles. The molecule has 1 aromatic rings. The molecule has 132 valence electrons. The SMILES string of the molecule is C=CC(=O)Nc1cc(NC(=O)CCCN2C(=O)CCC2=O)ccc1F. The maximum Gasteiger partial charge on any atom is 0.247 e. The van der Waals surface area contributed by atoms with Gasteiger partial charge in [-0.25, -0.2) is 4.39 Å². The molecule has 0 spiro atoms. The first-order chi connectivity index (χ1) is 11.9. The summed E-state index contributed by atoms with van der Waals surface area (Å²) in [5, 5.41) is 4.88. The Labute approximate surface area is 143 Å². The van der Waals surface area contributed by atoms with Gasteiger partial charge in [0.2, 0.25) is 23.6 Å². The molecule has 0 atom stereocenters. The number of amides is 4. The number of nitrogens with one attached hydrogen (secondary N) is 2. The monoisotopic (exact) mass is 347 g/mol. The highest BCUT2D eigenvalue weighted by atomic mass is 19.1. The summed E-state index contributed by atoms with van der Waals surface area (Å²) in [4.78, 5) is 47.3. The Bertz CT molecular complexity index is 717. The van der Waals surface area contributed by atoms with E-state index in [1.807, 2.05) is 0 Å². The summed E-state index contributed by atoms with van der Waals surface area (Å²) in [5.41, 5.74) is 0.245. The molecule has 0 bridgehead atoms. The minimum atomic E-state index is -0.640. The largest absolute Gasteiger partial charge is 0.326 e. The van der Waals surface area contributed by atoms with Crippen LogP contribution in [0.3, 0.4) is 0 Å². The van der Waals surface area contributed by atoms with Crippen LogP contribution < -0.4 is 10.6 Å². The van der Waals surface area contributed by atoms with Gasteiger partial charge < -0.3 is 10.6 Å². The molecule has 1 aliphatic heterocycles. The predicted octanol–water partition coefficient (Wildman–Crippen LogP) is 1.82. The highest BCUT2D eigenvalue weighted by molar-refractivity contribution is 6.02. The van der Waals surface area contributed by atoms with Crippen LogP contribution in [0.25, 0.3) is 0 Å². The number of benzene rings is 1. The number of hydrogen-bond donors (Lipinski definition) is 2. The summed E-state index contributed by atoms with van der Waals surface area (Å²) in [6.07, 6.45) is 1.89. The quantitative estimate of drug-likeness (QED) is 0.581. The molecule has 2 rings (SSSR count). The van der Waals surface area contributed by atoms with Crippen molar-refractivity contribution in [2.24, 2.45) is 0 Å². The lowest BCUT2D eigenvalue weighted by molar-refractivity contribution is -0.138. The summed E-state index contributed by atoms with van der Waals surface area (Å²) in [6.45, 7) is 3.48. The molecule has 1 fully saturated rings. The molecule has 8 heteroatoms. The number of rotatable bonds is 7.